The lowest BCUT2D eigenvalue weighted by Gasteiger charge is -2.07. The second-order valence-corrected chi connectivity index (χ2v) is 3.80. The molecule has 1 aromatic heterocycles. The Morgan fingerprint density at radius 1 is 1.44 bits per heavy atom. The molecular weight excluding hydrogens is 233 g/mol. The second kappa shape index (κ2) is 4.15. The fraction of sp³-hybridized carbons (Fsp3) is 0.222. The van der Waals surface area contributed by atoms with Crippen molar-refractivity contribution >= 4 is 11.6 Å². The van der Waals surface area contributed by atoms with Gasteiger partial charge in [-0.1, -0.05) is 11.6 Å². The van der Waals surface area contributed by atoms with E-state index in [1.807, 2.05) is 0 Å². The number of nitrogens with two attached hydrogens (primary N) is 1. The average molecular weight is 242 g/mol. The maximum Gasteiger partial charge on any atom is 0.173 e. The van der Waals surface area contributed by atoms with Crippen LogP contribution in [-0.4, -0.2) is 20.2 Å². The summed E-state index contributed by atoms with van der Waals surface area (Å²) in [5.41, 5.74) is 6.13. The Morgan fingerprint density at radius 2 is 2.19 bits per heavy atom. The van der Waals surface area contributed by atoms with E-state index in [0.717, 1.165) is 0 Å². The lowest BCUT2D eigenvalue weighted by atomic mass is 10.3. The van der Waals surface area contributed by atoms with E-state index in [-0.39, 0.29) is 11.1 Å². The molecule has 2 rings (SSSR count). The van der Waals surface area contributed by atoms with Crippen molar-refractivity contribution in [3.8, 4) is 5.69 Å². The van der Waals surface area contributed by atoms with Crippen molar-refractivity contribution in [2.24, 2.45) is 5.73 Å². The van der Waals surface area contributed by atoms with E-state index in [1.165, 1.54) is 16.8 Å². The summed E-state index contributed by atoms with van der Waals surface area (Å²) < 4.78 is 14.5. The summed E-state index contributed by atoms with van der Waals surface area (Å²) in [6, 6.07) is 3.71. The van der Waals surface area contributed by atoms with Crippen LogP contribution in [0.25, 0.3) is 5.69 Å². The summed E-state index contributed by atoms with van der Waals surface area (Å²) in [6.07, 6.45) is 0. The Hall–Kier alpha value is -1.53. The summed E-state index contributed by atoms with van der Waals surface area (Å²) in [7, 11) is 0. The fourth-order valence-corrected chi connectivity index (χ4v) is 1.54. The molecule has 0 fully saturated rings. The zero-order valence-electron chi connectivity index (χ0n) is 8.43. The highest BCUT2D eigenvalue weighted by Crippen LogP contribution is 2.18. The van der Waals surface area contributed by atoms with Gasteiger partial charge in [0, 0.05) is 5.02 Å². The van der Waals surface area contributed by atoms with Crippen LogP contribution in [0.15, 0.2) is 18.2 Å². The summed E-state index contributed by atoms with van der Waals surface area (Å²) in [6.45, 7) is 1.74. The highest BCUT2D eigenvalue weighted by Gasteiger charge is 2.13. The third-order valence-corrected chi connectivity index (χ3v) is 2.21. The normalized spacial score (nSPS) is 12.8. The molecule has 0 aliphatic carbocycles. The zero-order chi connectivity index (χ0) is 11.7. The van der Waals surface area contributed by atoms with Gasteiger partial charge in [-0.25, -0.2) is 4.39 Å². The number of hydrogen-bond donors (Lipinski definition) is 1. The minimum atomic E-state index is -0.450. The van der Waals surface area contributed by atoms with E-state index < -0.39 is 5.82 Å². The number of benzene rings is 1. The van der Waals surface area contributed by atoms with Crippen LogP contribution >= 0.6 is 11.6 Å². The highest BCUT2D eigenvalue weighted by atomic mass is 35.5. The van der Waals surface area contributed by atoms with Gasteiger partial charge in [0.15, 0.2) is 5.82 Å². The molecule has 7 heteroatoms. The molecule has 1 aromatic carbocycles. The molecule has 1 heterocycles. The van der Waals surface area contributed by atoms with E-state index in [9.17, 15) is 4.39 Å². The Morgan fingerprint density at radius 3 is 2.81 bits per heavy atom. The van der Waals surface area contributed by atoms with Crippen LogP contribution in [0, 0.1) is 5.82 Å². The van der Waals surface area contributed by atoms with Crippen molar-refractivity contribution in [3.05, 3.63) is 34.9 Å². The minimum absolute atomic E-state index is 0.279. The Balaban J connectivity index is 2.54. The first-order chi connectivity index (χ1) is 7.58. The molecule has 84 valence electrons. The number of aromatic nitrogens is 4. The van der Waals surface area contributed by atoms with Crippen molar-refractivity contribution in [1.82, 2.24) is 20.2 Å². The van der Waals surface area contributed by atoms with E-state index in [0.29, 0.717) is 11.5 Å². The van der Waals surface area contributed by atoms with E-state index in [2.05, 4.69) is 15.5 Å². The molecule has 2 N–H and O–H groups in total. The first-order valence-electron chi connectivity index (χ1n) is 4.58. The van der Waals surface area contributed by atoms with Crippen LogP contribution < -0.4 is 5.73 Å². The molecule has 2 aromatic rings. The molecule has 0 amide bonds. The van der Waals surface area contributed by atoms with E-state index >= 15 is 0 Å². The molecule has 16 heavy (non-hydrogen) atoms. The van der Waals surface area contributed by atoms with Crippen LogP contribution in [0.5, 0.6) is 0 Å². The lowest BCUT2D eigenvalue weighted by Crippen LogP contribution is -2.13. The SMILES string of the molecule is CC(N)c1nnnn1-c1cc(F)cc(Cl)c1. The smallest absolute Gasteiger partial charge is 0.173 e. The summed E-state index contributed by atoms with van der Waals surface area (Å²) >= 11 is 5.75. The van der Waals surface area contributed by atoms with Gasteiger partial charge < -0.3 is 5.73 Å². The van der Waals surface area contributed by atoms with Gasteiger partial charge in [-0.05, 0) is 35.5 Å². The Bertz CT molecular complexity index is 490. The molecule has 5 nitrogen and oxygen atoms in total. The first kappa shape index (κ1) is 11.0. The van der Waals surface area contributed by atoms with Crippen LogP contribution in [0.4, 0.5) is 4.39 Å². The third-order valence-electron chi connectivity index (χ3n) is 1.99. The highest BCUT2D eigenvalue weighted by molar-refractivity contribution is 6.30. The van der Waals surface area contributed by atoms with Gasteiger partial charge in [0.2, 0.25) is 0 Å². The van der Waals surface area contributed by atoms with Gasteiger partial charge in [0.25, 0.3) is 0 Å². The van der Waals surface area contributed by atoms with E-state index in [4.69, 9.17) is 17.3 Å². The molecule has 0 saturated carbocycles. The third kappa shape index (κ3) is 2.02. The molecule has 0 saturated heterocycles. The van der Waals surface area contributed by atoms with Crippen molar-refractivity contribution in [3.63, 3.8) is 0 Å². The van der Waals surface area contributed by atoms with Gasteiger partial charge in [0.05, 0.1) is 11.7 Å². The standard InChI is InChI=1S/C9H9ClFN5/c1-5(12)9-13-14-15-16(9)8-3-6(10)2-7(11)4-8/h2-5H,12H2,1H3. The Labute approximate surface area is 96.0 Å². The molecular formula is C9H9ClFN5. The zero-order valence-corrected chi connectivity index (χ0v) is 9.19. The van der Waals surface area contributed by atoms with Crippen LogP contribution in [0.1, 0.15) is 18.8 Å². The Kier molecular flexibility index (Phi) is 2.84. The average Bonchev–Trinajstić information content (AvgIpc) is 2.63. The number of hydrogen-bond acceptors (Lipinski definition) is 4. The van der Waals surface area contributed by atoms with Crippen molar-refractivity contribution in [2.75, 3.05) is 0 Å². The molecule has 1 unspecified atom stereocenters. The summed E-state index contributed by atoms with van der Waals surface area (Å²) in [5.74, 6) is -0.00436. The van der Waals surface area contributed by atoms with Crippen molar-refractivity contribution in [2.45, 2.75) is 13.0 Å². The maximum atomic E-state index is 13.2. The monoisotopic (exact) mass is 241 g/mol. The molecule has 0 aliphatic heterocycles. The van der Waals surface area contributed by atoms with Gasteiger partial charge in [-0.3, -0.25) is 0 Å². The van der Waals surface area contributed by atoms with Gasteiger partial charge >= 0.3 is 0 Å². The quantitative estimate of drug-likeness (QED) is 0.865. The largest absolute Gasteiger partial charge is 0.321 e. The van der Waals surface area contributed by atoms with Gasteiger partial charge in [-0.2, -0.15) is 4.68 Å². The number of nitrogens with zero attached hydrogens (tertiary/aromatic N) is 4. The topological polar surface area (TPSA) is 69.6 Å². The van der Waals surface area contributed by atoms with Crippen molar-refractivity contribution in [1.29, 1.82) is 0 Å². The molecule has 1 atom stereocenters. The fourth-order valence-electron chi connectivity index (χ4n) is 1.32. The molecule has 0 aliphatic rings. The minimum Gasteiger partial charge on any atom is -0.321 e. The van der Waals surface area contributed by atoms with E-state index in [1.54, 1.807) is 13.0 Å². The van der Waals surface area contributed by atoms with Crippen LogP contribution in [-0.2, 0) is 0 Å². The molecule has 0 spiro atoms. The second-order valence-electron chi connectivity index (χ2n) is 3.37. The van der Waals surface area contributed by atoms with Gasteiger partial charge in [-0.15, -0.1) is 5.10 Å². The number of rotatable bonds is 2. The maximum absolute atomic E-state index is 13.2. The van der Waals surface area contributed by atoms with Crippen molar-refractivity contribution < 1.29 is 4.39 Å². The summed E-state index contributed by atoms with van der Waals surface area (Å²) in [5, 5.41) is 11.3. The predicted molar refractivity (Wildman–Crippen MR) is 56.7 cm³/mol. The lowest BCUT2D eigenvalue weighted by molar-refractivity contribution is 0.621. The van der Waals surface area contributed by atoms with Crippen LogP contribution in [0.3, 0.4) is 0 Å². The number of halogens is 2. The molecule has 0 bridgehead atoms. The summed E-state index contributed by atoms with van der Waals surface area (Å²) in [4.78, 5) is 0. The van der Waals surface area contributed by atoms with Gasteiger partial charge in [0.1, 0.15) is 5.82 Å². The predicted octanol–water partition coefficient (Wildman–Crippen LogP) is 1.47. The molecule has 0 radical (unpaired) electrons. The first-order valence-corrected chi connectivity index (χ1v) is 4.96. The van der Waals surface area contributed by atoms with Crippen LogP contribution in [0.2, 0.25) is 5.02 Å². The number of tetrazole rings is 1.